The fraction of sp³-hybridized carbons (Fsp3) is 0.545. The third kappa shape index (κ3) is 16.8. The highest BCUT2D eigenvalue weighted by Crippen LogP contribution is 2.19. The molecule has 4 unspecified atom stereocenters. The van der Waals surface area contributed by atoms with E-state index in [9.17, 15) is 4.79 Å². The number of rotatable bonds is 23. The maximum absolute atomic E-state index is 12.5. The number of nitrogens with one attached hydrogen (secondary N) is 4. The van der Waals surface area contributed by atoms with E-state index in [0.29, 0.717) is 23.8 Å². The van der Waals surface area contributed by atoms with Crippen molar-refractivity contribution in [1.29, 1.82) is 0 Å². The standard InChI is InChI=1S/C33H55ClN4O/c1-13-35-26(9)15-20-32(29(12)34)37-28(11)16-18-30(23(4)5)36-27(10)17-19-31(24(6)7)38-33(39)21-14-25(8)22(2)3/h25,30-32,35-37H,2,4,6,9-21H2,1,3,5,7-8H3,(H,38,39). The van der Waals surface area contributed by atoms with Crippen molar-refractivity contribution in [2.24, 2.45) is 5.92 Å². The number of hydrogen-bond acceptors (Lipinski definition) is 4. The average molecular weight is 559 g/mol. The van der Waals surface area contributed by atoms with E-state index in [4.69, 9.17) is 11.6 Å². The molecule has 0 bridgehead atoms. The average Bonchev–Trinajstić information content (AvgIpc) is 2.84. The Hall–Kier alpha value is -2.66. The topological polar surface area (TPSA) is 65.2 Å². The van der Waals surface area contributed by atoms with Gasteiger partial charge in [-0.15, -0.1) is 0 Å². The highest BCUT2D eigenvalue weighted by molar-refractivity contribution is 6.29. The summed E-state index contributed by atoms with van der Waals surface area (Å²) in [5, 5.41) is 13.9. The van der Waals surface area contributed by atoms with Gasteiger partial charge in [-0.2, -0.15) is 0 Å². The van der Waals surface area contributed by atoms with Crippen molar-refractivity contribution in [3.05, 3.63) is 84.9 Å². The summed E-state index contributed by atoms with van der Waals surface area (Å²) in [6, 6.07) is -0.101. The van der Waals surface area contributed by atoms with Crippen LogP contribution in [0.5, 0.6) is 0 Å². The van der Waals surface area contributed by atoms with Crippen molar-refractivity contribution in [3.8, 4) is 0 Å². The van der Waals surface area contributed by atoms with Crippen LogP contribution in [0.1, 0.15) is 86.0 Å². The van der Waals surface area contributed by atoms with Crippen LogP contribution in [0.15, 0.2) is 84.9 Å². The van der Waals surface area contributed by atoms with E-state index in [1.54, 1.807) is 0 Å². The fourth-order valence-corrected chi connectivity index (χ4v) is 4.15. The lowest BCUT2D eigenvalue weighted by Gasteiger charge is -2.26. The van der Waals surface area contributed by atoms with Crippen LogP contribution in [0.25, 0.3) is 0 Å². The zero-order valence-electron chi connectivity index (χ0n) is 25.4. The number of carbonyl (C=O) groups is 1. The quantitative estimate of drug-likeness (QED) is 0.0967. The molecule has 0 aliphatic rings. The molecule has 220 valence electrons. The molecule has 0 saturated heterocycles. The summed E-state index contributed by atoms with van der Waals surface area (Å²) < 4.78 is 0. The first-order valence-electron chi connectivity index (χ1n) is 14.1. The monoisotopic (exact) mass is 558 g/mol. The summed E-state index contributed by atoms with van der Waals surface area (Å²) in [5.74, 6) is 0.375. The lowest BCUT2D eigenvalue weighted by molar-refractivity contribution is -0.121. The van der Waals surface area contributed by atoms with Crippen LogP contribution in [0.3, 0.4) is 0 Å². The van der Waals surface area contributed by atoms with Gasteiger partial charge in [0.2, 0.25) is 5.91 Å². The molecule has 0 aliphatic heterocycles. The molecule has 0 saturated carbocycles. The van der Waals surface area contributed by atoms with Crippen molar-refractivity contribution in [2.45, 2.75) is 104 Å². The summed E-state index contributed by atoms with van der Waals surface area (Å²) in [5.41, 5.74) is 5.87. The SMILES string of the molecule is C=C(CCC(NC(=C)CCC(NC(=C)CCC(NC(=O)CCC(C)C(=C)C)C(=C)C)C(=C)C)C(=C)Cl)NCC. The van der Waals surface area contributed by atoms with Crippen LogP contribution >= 0.6 is 11.6 Å². The molecule has 6 heteroatoms. The number of hydrogen-bond donors (Lipinski definition) is 4. The maximum Gasteiger partial charge on any atom is 0.220 e. The van der Waals surface area contributed by atoms with Crippen LogP contribution in [-0.2, 0) is 4.79 Å². The molecule has 1 amide bonds. The molecule has 0 aliphatic carbocycles. The van der Waals surface area contributed by atoms with E-state index >= 15 is 0 Å². The molecule has 0 aromatic rings. The molecular weight excluding hydrogens is 504 g/mol. The van der Waals surface area contributed by atoms with Crippen LogP contribution in [-0.4, -0.2) is 30.6 Å². The summed E-state index contributed by atoms with van der Waals surface area (Å²) in [4.78, 5) is 12.5. The van der Waals surface area contributed by atoms with Gasteiger partial charge in [0.1, 0.15) is 0 Å². The van der Waals surface area contributed by atoms with Gasteiger partial charge in [-0.05, 0) is 78.6 Å². The molecule has 4 atom stereocenters. The van der Waals surface area contributed by atoms with E-state index < -0.39 is 0 Å². The fourth-order valence-electron chi connectivity index (χ4n) is 3.98. The van der Waals surface area contributed by atoms with Gasteiger partial charge in [0, 0.05) is 47.2 Å². The summed E-state index contributed by atoms with van der Waals surface area (Å²) in [6.45, 7) is 39.6. The van der Waals surface area contributed by atoms with Gasteiger partial charge in [0.15, 0.2) is 0 Å². The second-order valence-electron chi connectivity index (χ2n) is 10.9. The van der Waals surface area contributed by atoms with Gasteiger partial charge in [0.25, 0.3) is 0 Å². The minimum absolute atomic E-state index is 0.0457. The third-order valence-electron chi connectivity index (χ3n) is 6.94. The smallest absolute Gasteiger partial charge is 0.220 e. The normalized spacial score (nSPS) is 13.7. The molecule has 5 nitrogen and oxygen atoms in total. The van der Waals surface area contributed by atoms with E-state index in [1.807, 2.05) is 20.8 Å². The molecule has 0 aromatic carbocycles. The predicted molar refractivity (Wildman–Crippen MR) is 172 cm³/mol. The second kappa shape index (κ2) is 19.4. The lowest BCUT2D eigenvalue weighted by atomic mass is 9.98. The Balaban J connectivity index is 4.79. The van der Waals surface area contributed by atoms with Gasteiger partial charge in [-0.1, -0.05) is 81.3 Å². The van der Waals surface area contributed by atoms with Crippen molar-refractivity contribution in [1.82, 2.24) is 21.3 Å². The van der Waals surface area contributed by atoms with Gasteiger partial charge in [-0.3, -0.25) is 4.79 Å². The summed E-state index contributed by atoms with van der Waals surface area (Å²) in [7, 11) is 0. The van der Waals surface area contributed by atoms with Gasteiger partial charge < -0.3 is 21.3 Å². The zero-order valence-corrected chi connectivity index (χ0v) is 26.2. The first-order valence-corrected chi connectivity index (χ1v) is 14.5. The number of allylic oxidation sites excluding steroid dienone is 4. The molecule has 0 rings (SSSR count). The van der Waals surface area contributed by atoms with Gasteiger partial charge >= 0.3 is 0 Å². The number of carbonyl (C=O) groups excluding carboxylic acids is 1. The second-order valence-corrected chi connectivity index (χ2v) is 11.4. The zero-order chi connectivity index (χ0) is 30.1. The van der Waals surface area contributed by atoms with Crippen molar-refractivity contribution in [2.75, 3.05) is 6.54 Å². The molecule has 0 spiro atoms. The third-order valence-corrected chi connectivity index (χ3v) is 7.20. The predicted octanol–water partition coefficient (Wildman–Crippen LogP) is 7.78. The molecule has 0 heterocycles. The van der Waals surface area contributed by atoms with Crippen LogP contribution < -0.4 is 21.3 Å². The number of amides is 1. The van der Waals surface area contributed by atoms with Crippen LogP contribution in [0, 0.1) is 5.92 Å². The first kappa shape index (κ1) is 36.3. The Kier molecular flexibility index (Phi) is 18.1. The Labute approximate surface area is 244 Å². The first-order chi connectivity index (χ1) is 18.2. The molecular formula is C33H55ClN4O. The number of halogens is 1. The highest BCUT2D eigenvalue weighted by atomic mass is 35.5. The summed E-state index contributed by atoms with van der Waals surface area (Å²) in [6.07, 6.45) is 5.88. The van der Waals surface area contributed by atoms with E-state index in [0.717, 1.165) is 78.9 Å². The van der Waals surface area contributed by atoms with Crippen LogP contribution in [0.4, 0.5) is 0 Å². The molecule has 0 aromatic heterocycles. The van der Waals surface area contributed by atoms with E-state index in [2.05, 4.69) is 81.2 Å². The largest absolute Gasteiger partial charge is 0.389 e. The van der Waals surface area contributed by atoms with Gasteiger partial charge in [0.05, 0.1) is 6.04 Å². The molecule has 4 N–H and O–H groups in total. The Morgan fingerprint density at radius 3 is 1.51 bits per heavy atom. The minimum atomic E-state index is -0.0902. The maximum atomic E-state index is 12.5. The molecule has 39 heavy (non-hydrogen) atoms. The lowest BCUT2D eigenvalue weighted by Crippen LogP contribution is -2.36. The Bertz CT molecular complexity index is 903. The van der Waals surface area contributed by atoms with Gasteiger partial charge in [-0.25, -0.2) is 0 Å². The van der Waals surface area contributed by atoms with E-state index in [1.165, 1.54) is 0 Å². The van der Waals surface area contributed by atoms with Crippen molar-refractivity contribution in [3.63, 3.8) is 0 Å². The van der Waals surface area contributed by atoms with Crippen molar-refractivity contribution >= 4 is 17.5 Å². The van der Waals surface area contributed by atoms with E-state index in [-0.39, 0.29) is 24.0 Å². The van der Waals surface area contributed by atoms with Crippen LogP contribution in [0.2, 0.25) is 0 Å². The minimum Gasteiger partial charge on any atom is -0.389 e. The Morgan fingerprint density at radius 1 is 0.641 bits per heavy atom. The highest BCUT2D eigenvalue weighted by Gasteiger charge is 2.17. The molecule has 0 fully saturated rings. The summed E-state index contributed by atoms with van der Waals surface area (Å²) >= 11 is 6.27. The van der Waals surface area contributed by atoms with Crippen molar-refractivity contribution < 1.29 is 4.79 Å². The Morgan fingerprint density at radius 2 is 1.08 bits per heavy atom. The molecule has 0 radical (unpaired) electrons.